The summed E-state index contributed by atoms with van der Waals surface area (Å²) in [6.45, 7) is 0. The first-order valence-corrected chi connectivity index (χ1v) is 7.30. The quantitative estimate of drug-likeness (QED) is 0.774. The Hall–Kier alpha value is -1.61. The van der Waals surface area contributed by atoms with Crippen LogP contribution in [0.25, 0.3) is 5.57 Å². The van der Waals surface area contributed by atoms with Crippen molar-refractivity contribution in [3.05, 3.63) is 41.5 Å². The fourth-order valence-electron chi connectivity index (χ4n) is 3.42. The van der Waals surface area contributed by atoms with Gasteiger partial charge in [0.05, 0.1) is 12.7 Å². The second-order valence-corrected chi connectivity index (χ2v) is 5.79. The number of carbonyl (C=O) groups is 1. The van der Waals surface area contributed by atoms with Gasteiger partial charge in [0.15, 0.2) is 0 Å². The molecule has 3 nitrogen and oxygen atoms in total. The molecule has 2 aliphatic heterocycles. The van der Waals surface area contributed by atoms with Gasteiger partial charge in [-0.25, -0.2) is 4.79 Å². The van der Waals surface area contributed by atoms with Gasteiger partial charge >= 0.3 is 5.97 Å². The van der Waals surface area contributed by atoms with E-state index in [9.17, 15) is 4.79 Å². The molecule has 20 heavy (non-hydrogen) atoms. The number of hydrogen-bond acceptors (Lipinski definition) is 3. The van der Waals surface area contributed by atoms with Crippen molar-refractivity contribution in [2.24, 2.45) is 0 Å². The first-order chi connectivity index (χ1) is 9.69. The van der Waals surface area contributed by atoms with E-state index < -0.39 is 0 Å². The van der Waals surface area contributed by atoms with Gasteiger partial charge in [-0.2, -0.15) is 0 Å². The molecule has 106 valence electrons. The number of hydrogen-bond donors (Lipinski definition) is 0. The smallest absolute Gasteiger partial charge is 0.337 e. The molecule has 2 bridgehead atoms. The molecule has 2 heterocycles. The Bertz CT molecular complexity index is 550. The van der Waals surface area contributed by atoms with Crippen LogP contribution >= 0.6 is 0 Å². The maximum Gasteiger partial charge on any atom is 0.337 e. The van der Waals surface area contributed by atoms with Gasteiger partial charge in [0.2, 0.25) is 0 Å². The Balaban J connectivity index is 1.91. The minimum atomic E-state index is -0.263. The molecule has 1 aromatic rings. The molecule has 2 unspecified atom stereocenters. The van der Waals surface area contributed by atoms with E-state index in [1.807, 2.05) is 18.2 Å². The number of carbonyl (C=O) groups excluding carboxylic acids is 1. The molecular weight excluding hydrogens is 250 g/mol. The van der Waals surface area contributed by atoms with E-state index in [2.05, 4.69) is 24.1 Å². The van der Waals surface area contributed by atoms with Gasteiger partial charge in [0, 0.05) is 12.1 Å². The normalized spacial score (nSPS) is 26.0. The molecule has 0 aromatic heterocycles. The molecule has 3 rings (SSSR count). The molecule has 0 saturated carbocycles. The number of methoxy groups -OCH3 is 1. The molecule has 3 heteroatoms. The van der Waals surface area contributed by atoms with Crippen molar-refractivity contribution in [1.82, 2.24) is 4.90 Å². The number of fused-ring (bicyclic) bond motifs is 2. The predicted octanol–water partition coefficient (Wildman–Crippen LogP) is 3.11. The summed E-state index contributed by atoms with van der Waals surface area (Å²) in [6, 6.07) is 9.01. The summed E-state index contributed by atoms with van der Waals surface area (Å²) in [6.07, 6.45) is 7.31. The van der Waals surface area contributed by atoms with E-state index in [1.54, 1.807) is 0 Å². The van der Waals surface area contributed by atoms with Gasteiger partial charge in [-0.15, -0.1) is 0 Å². The van der Waals surface area contributed by atoms with Crippen molar-refractivity contribution in [2.45, 2.75) is 37.8 Å². The van der Waals surface area contributed by atoms with Crippen LogP contribution in [0.15, 0.2) is 30.3 Å². The van der Waals surface area contributed by atoms with Crippen LogP contribution in [0.1, 0.15) is 41.6 Å². The maximum absolute atomic E-state index is 11.6. The Labute approximate surface area is 120 Å². The van der Waals surface area contributed by atoms with E-state index in [4.69, 9.17) is 4.74 Å². The average Bonchev–Trinajstić information content (AvgIpc) is 2.46. The Kier molecular flexibility index (Phi) is 3.62. The van der Waals surface area contributed by atoms with Gasteiger partial charge in [-0.3, -0.25) is 4.90 Å². The number of benzene rings is 1. The second kappa shape index (κ2) is 5.41. The zero-order chi connectivity index (χ0) is 14.1. The van der Waals surface area contributed by atoms with Crippen molar-refractivity contribution >= 4 is 11.5 Å². The Morgan fingerprint density at radius 3 is 2.95 bits per heavy atom. The van der Waals surface area contributed by atoms with Crippen molar-refractivity contribution in [2.75, 3.05) is 14.2 Å². The molecule has 0 spiro atoms. The topological polar surface area (TPSA) is 29.5 Å². The van der Waals surface area contributed by atoms with Crippen LogP contribution < -0.4 is 0 Å². The molecule has 1 saturated heterocycles. The van der Waals surface area contributed by atoms with E-state index >= 15 is 0 Å². The highest BCUT2D eigenvalue weighted by atomic mass is 16.5. The SMILES string of the molecule is COC(=O)c1cccc(C2=CC3CCCC(C2)N3C)c1. The minimum Gasteiger partial charge on any atom is -0.465 e. The minimum absolute atomic E-state index is 0.263. The average molecular weight is 271 g/mol. The second-order valence-electron chi connectivity index (χ2n) is 5.79. The first kappa shape index (κ1) is 13.4. The third kappa shape index (κ3) is 2.38. The van der Waals surface area contributed by atoms with Gasteiger partial charge in [-0.05, 0) is 49.6 Å². The fraction of sp³-hybridized carbons (Fsp3) is 0.471. The summed E-state index contributed by atoms with van der Waals surface area (Å²) < 4.78 is 4.80. The molecule has 2 atom stereocenters. The zero-order valence-electron chi connectivity index (χ0n) is 12.1. The predicted molar refractivity (Wildman–Crippen MR) is 79.6 cm³/mol. The van der Waals surface area contributed by atoms with Crippen molar-refractivity contribution < 1.29 is 9.53 Å². The molecule has 0 radical (unpaired) electrons. The summed E-state index contributed by atoms with van der Waals surface area (Å²) in [7, 11) is 3.65. The van der Waals surface area contributed by atoms with Crippen molar-refractivity contribution in [1.29, 1.82) is 0 Å². The summed E-state index contributed by atoms with van der Waals surface area (Å²) in [4.78, 5) is 14.1. The number of rotatable bonds is 2. The number of likely N-dealkylation sites (N-methyl/N-ethyl adjacent to an activating group) is 1. The third-order valence-electron chi connectivity index (χ3n) is 4.64. The van der Waals surface area contributed by atoms with Crippen LogP contribution in [-0.2, 0) is 4.74 Å². The van der Waals surface area contributed by atoms with Gasteiger partial charge < -0.3 is 4.74 Å². The van der Waals surface area contributed by atoms with Gasteiger partial charge in [-0.1, -0.05) is 24.6 Å². The van der Waals surface area contributed by atoms with Crippen LogP contribution in [0.5, 0.6) is 0 Å². The zero-order valence-corrected chi connectivity index (χ0v) is 12.1. The van der Waals surface area contributed by atoms with Crippen LogP contribution in [0, 0.1) is 0 Å². The number of nitrogens with zero attached hydrogens (tertiary/aromatic N) is 1. The first-order valence-electron chi connectivity index (χ1n) is 7.30. The third-order valence-corrected chi connectivity index (χ3v) is 4.64. The summed E-state index contributed by atoms with van der Waals surface area (Å²) >= 11 is 0. The molecule has 0 amide bonds. The molecule has 2 aliphatic rings. The lowest BCUT2D eigenvalue weighted by Crippen LogP contribution is -2.45. The monoisotopic (exact) mass is 271 g/mol. The summed E-state index contributed by atoms with van der Waals surface area (Å²) in [5.74, 6) is -0.263. The number of piperidine rings is 1. The lowest BCUT2D eigenvalue weighted by Gasteiger charge is -2.42. The highest BCUT2D eigenvalue weighted by Crippen LogP contribution is 2.36. The van der Waals surface area contributed by atoms with Crippen LogP contribution in [-0.4, -0.2) is 37.1 Å². The lowest BCUT2D eigenvalue weighted by molar-refractivity contribution is 0.0600. The Morgan fingerprint density at radius 2 is 2.20 bits per heavy atom. The van der Waals surface area contributed by atoms with E-state index in [0.717, 1.165) is 12.0 Å². The van der Waals surface area contributed by atoms with Crippen molar-refractivity contribution in [3.8, 4) is 0 Å². The maximum atomic E-state index is 11.6. The van der Waals surface area contributed by atoms with E-state index in [0.29, 0.717) is 17.6 Å². The van der Waals surface area contributed by atoms with E-state index in [-0.39, 0.29) is 5.97 Å². The molecular formula is C17H21NO2. The van der Waals surface area contributed by atoms with Crippen LogP contribution in [0.3, 0.4) is 0 Å². The van der Waals surface area contributed by atoms with Crippen LogP contribution in [0.2, 0.25) is 0 Å². The largest absolute Gasteiger partial charge is 0.465 e. The molecule has 1 aromatic carbocycles. The van der Waals surface area contributed by atoms with Gasteiger partial charge in [0.25, 0.3) is 0 Å². The van der Waals surface area contributed by atoms with E-state index in [1.165, 1.54) is 31.9 Å². The molecule has 0 aliphatic carbocycles. The summed E-state index contributed by atoms with van der Waals surface area (Å²) in [5, 5.41) is 0. The molecule has 1 fully saturated rings. The highest BCUT2D eigenvalue weighted by molar-refractivity contribution is 5.90. The molecule has 0 N–H and O–H groups in total. The summed E-state index contributed by atoms with van der Waals surface area (Å²) in [5.41, 5.74) is 3.18. The highest BCUT2D eigenvalue weighted by Gasteiger charge is 2.31. The number of esters is 1. The Morgan fingerprint density at radius 1 is 1.35 bits per heavy atom. The van der Waals surface area contributed by atoms with Crippen LogP contribution in [0.4, 0.5) is 0 Å². The fourth-order valence-corrected chi connectivity index (χ4v) is 3.42. The van der Waals surface area contributed by atoms with Crippen molar-refractivity contribution in [3.63, 3.8) is 0 Å². The van der Waals surface area contributed by atoms with Gasteiger partial charge in [0.1, 0.15) is 0 Å². The number of ether oxygens (including phenoxy) is 1. The lowest BCUT2D eigenvalue weighted by atomic mass is 9.83. The standard InChI is InChI=1S/C17H21NO2/c1-18-15-7-4-8-16(18)11-14(10-15)12-5-3-6-13(9-12)17(19)20-2/h3,5-6,9-10,15-16H,4,7-8,11H2,1-2H3.